The number of nitrogens with one attached hydrogen (secondary N) is 1. The first-order valence-corrected chi connectivity index (χ1v) is 17.6. The van der Waals surface area contributed by atoms with Crippen molar-refractivity contribution in [2.75, 3.05) is 52.2 Å². The number of primary amides is 1. The van der Waals surface area contributed by atoms with E-state index in [-0.39, 0.29) is 17.7 Å². The van der Waals surface area contributed by atoms with Crippen molar-refractivity contribution in [2.45, 2.75) is 39.0 Å². The van der Waals surface area contributed by atoms with Crippen LogP contribution < -0.4 is 10.6 Å². The first-order valence-electron chi connectivity index (χ1n) is 17.6. The number of hydrogen-bond acceptors (Lipinski definition) is 5. The standard InChI is InChI=1S/C16H19N3O2.C14H22N2.C11H11NO/c1-18-10-13(12-4-2-3-5-14(12)18)16(21)19-8-6-11(7-9-19)15(17)20;1-11-5-6-14-13(7-11)8-12(9-15(2)3)10-16(14)4;13-7-3-4-9-8-12-11-6-2-1-5-10(9)11/h2-5,10-11H,6-9H2,1H3,(H2,17,20);5-7,12H,8-10H2,1-4H3;1-2,5-8,12H,3-4H2. The van der Waals surface area contributed by atoms with Crippen LogP contribution in [-0.2, 0) is 29.5 Å². The van der Waals surface area contributed by atoms with Crippen molar-refractivity contribution >= 4 is 45.6 Å². The lowest BCUT2D eigenvalue weighted by molar-refractivity contribution is -0.123. The third-order valence-electron chi connectivity index (χ3n) is 9.83. The molecule has 1 saturated heterocycles. The number of likely N-dealkylation sites (tertiary alicyclic amines) is 1. The van der Waals surface area contributed by atoms with Crippen LogP contribution in [0.15, 0.2) is 79.1 Å². The molecule has 9 nitrogen and oxygen atoms in total. The predicted octanol–water partition coefficient (Wildman–Crippen LogP) is 5.98. The SMILES string of the molecule is Cc1ccc2c(c1)CC(CN(C)C)CN2C.Cn1cc(C(=O)N2CCC(C(N)=O)CC2)c2ccccc21.O=CCCc1c[nH]c2ccccc12. The molecule has 1 unspecified atom stereocenters. The Morgan fingerprint density at radius 1 is 0.980 bits per heavy atom. The molecular formula is C41H52N6O3. The lowest BCUT2D eigenvalue weighted by atomic mass is 9.91. The summed E-state index contributed by atoms with van der Waals surface area (Å²) in [4.78, 5) is 43.8. The minimum atomic E-state index is -0.257. The molecule has 2 aromatic heterocycles. The van der Waals surface area contributed by atoms with Gasteiger partial charge in [-0.3, -0.25) is 9.59 Å². The van der Waals surface area contributed by atoms with Crippen molar-refractivity contribution in [1.29, 1.82) is 0 Å². The van der Waals surface area contributed by atoms with Crippen LogP contribution in [0.5, 0.6) is 0 Å². The summed E-state index contributed by atoms with van der Waals surface area (Å²) in [6.07, 6.45) is 8.79. The number of aromatic amines is 1. The molecular weight excluding hydrogens is 624 g/mol. The lowest BCUT2D eigenvalue weighted by Gasteiger charge is -2.34. The number of H-pyrrole nitrogens is 1. The van der Waals surface area contributed by atoms with Crippen LogP contribution in [0.1, 0.15) is 46.3 Å². The molecule has 0 aliphatic carbocycles. The minimum absolute atomic E-state index is 0.0368. The largest absolute Gasteiger partial charge is 0.374 e. The Hall–Kier alpha value is -4.89. The summed E-state index contributed by atoms with van der Waals surface area (Å²) in [6.45, 7) is 5.72. The molecule has 3 N–H and O–H groups in total. The number of fused-ring (bicyclic) bond motifs is 3. The highest BCUT2D eigenvalue weighted by Gasteiger charge is 2.28. The number of nitrogens with two attached hydrogens (primary N) is 1. The normalized spacial score (nSPS) is 16.0. The highest BCUT2D eigenvalue weighted by Crippen LogP contribution is 2.30. The number of amides is 2. The number of benzene rings is 3. The maximum Gasteiger partial charge on any atom is 0.256 e. The van der Waals surface area contributed by atoms with Crippen molar-refractivity contribution in [1.82, 2.24) is 19.4 Å². The van der Waals surface area contributed by atoms with E-state index in [1.165, 1.54) is 47.3 Å². The minimum Gasteiger partial charge on any atom is -0.374 e. The van der Waals surface area contributed by atoms with Gasteiger partial charge in [-0.05, 0) is 81.9 Å². The number of carbonyl (C=O) groups is 3. The second-order valence-corrected chi connectivity index (χ2v) is 14.0. The van der Waals surface area contributed by atoms with Gasteiger partial charge in [-0.15, -0.1) is 0 Å². The maximum atomic E-state index is 12.7. The number of aryl methyl sites for hydroxylation is 3. The molecule has 9 heteroatoms. The van der Waals surface area contributed by atoms with Gasteiger partial charge in [0.1, 0.15) is 6.29 Å². The predicted molar refractivity (Wildman–Crippen MR) is 204 cm³/mol. The molecule has 2 aliphatic rings. The maximum absolute atomic E-state index is 12.7. The molecule has 2 aliphatic heterocycles. The molecule has 4 heterocycles. The van der Waals surface area contributed by atoms with Crippen LogP contribution in [0.4, 0.5) is 5.69 Å². The molecule has 264 valence electrons. The first kappa shape index (κ1) is 36.4. The second-order valence-electron chi connectivity index (χ2n) is 14.0. The molecule has 3 aromatic carbocycles. The quantitative estimate of drug-likeness (QED) is 0.206. The van der Waals surface area contributed by atoms with Crippen molar-refractivity contribution < 1.29 is 14.4 Å². The van der Waals surface area contributed by atoms with E-state index in [0.717, 1.165) is 40.6 Å². The van der Waals surface area contributed by atoms with Gasteiger partial charge in [-0.1, -0.05) is 54.1 Å². The average Bonchev–Trinajstić information content (AvgIpc) is 3.68. The van der Waals surface area contributed by atoms with Gasteiger partial charge in [0, 0.05) is 92.5 Å². The second kappa shape index (κ2) is 16.7. The van der Waals surface area contributed by atoms with Crippen LogP contribution in [-0.4, -0.2) is 84.8 Å². The van der Waals surface area contributed by atoms with E-state index in [0.29, 0.717) is 32.4 Å². The van der Waals surface area contributed by atoms with Crippen LogP contribution in [0.3, 0.4) is 0 Å². The summed E-state index contributed by atoms with van der Waals surface area (Å²) in [6, 6.07) is 22.8. The fourth-order valence-electron chi connectivity index (χ4n) is 7.35. The zero-order valence-corrected chi connectivity index (χ0v) is 30.2. The number of aromatic nitrogens is 2. The van der Waals surface area contributed by atoms with Crippen LogP contribution >= 0.6 is 0 Å². The van der Waals surface area contributed by atoms with Crippen molar-refractivity contribution in [3.63, 3.8) is 0 Å². The van der Waals surface area contributed by atoms with E-state index in [2.05, 4.69) is 67.1 Å². The molecule has 0 spiro atoms. The first-order chi connectivity index (χ1) is 24.0. The van der Waals surface area contributed by atoms with E-state index in [4.69, 9.17) is 5.73 Å². The van der Waals surface area contributed by atoms with E-state index >= 15 is 0 Å². The van der Waals surface area contributed by atoms with Gasteiger partial charge in [0.2, 0.25) is 5.91 Å². The fourth-order valence-corrected chi connectivity index (χ4v) is 7.35. The molecule has 7 rings (SSSR count). The van der Waals surface area contributed by atoms with Gasteiger partial charge in [-0.2, -0.15) is 0 Å². The number of piperidine rings is 1. The third kappa shape index (κ3) is 8.82. The van der Waals surface area contributed by atoms with Crippen molar-refractivity contribution in [3.8, 4) is 0 Å². The average molecular weight is 677 g/mol. The van der Waals surface area contributed by atoms with E-state index < -0.39 is 0 Å². The Balaban J connectivity index is 0.000000150. The summed E-state index contributed by atoms with van der Waals surface area (Å²) in [7, 11) is 8.46. The van der Waals surface area contributed by atoms with Gasteiger partial charge in [0.25, 0.3) is 5.91 Å². The zero-order valence-electron chi connectivity index (χ0n) is 30.2. The number of aldehydes is 1. The number of rotatable bonds is 7. The summed E-state index contributed by atoms with van der Waals surface area (Å²) >= 11 is 0. The van der Waals surface area contributed by atoms with Crippen molar-refractivity contribution in [2.24, 2.45) is 24.6 Å². The Kier molecular flexibility index (Phi) is 12.1. The molecule has 2 amide bonds. The topological polar surface area (TPSA) is 108 Å². The van der Waals surface area contributed by atoms with E-state index in [9.17, 15) is 14.4 Å². The fraction of sp³-hybridized carbons (Fsp3) is 0.390. The van der Waals surface area contributed by atoms with Crippen LogP contribution in [0, 0.1) is 18.8 Å². The highest BCUT2D eigenvalue weighted by molar-refractivity contribution is 6.07. The molecule has 1 atom stereocenters. The molecule has 1 fully saturated rings. The van der Waals surface area contributed by atoms with Gasteiger partial charge in [0.15, 0.2) is 0 Å². The zero-order chi connectivity index (χ0) is 35.8. The van der Waals surface area contributed by atoms with Gasteiger partial charge in [-0.25, -0.2) is 0 Å². The molecule has 50 heavy (non-hydrogen) atoms. The lowest BCUT2D eigenvalue weighted by Crippen LogP contribution is -2.41. The third-order valence-corrected chi connectivity index (χ3v) is 9.83. The number of para-hydroxylation sites is 2. The van der Waals surface area contributed by atoms with Crippen molar-refractivity contribution in [3.05, 3.63) is 101 Å². The molecule has 0 saturated carbocycles. The van der Waals surface area contributed by atoms with Crippen LogP contribution in [0.25, 0.3) is 21.8 Å². The summed E-state index contributed by atoms with van der Waals surface area (Å²) in [5.74, 6) is 0.442. The van der Waals surface area contributed by atoms with Crippen LogP contribution in [0.2, 0.25) is 0 Å². The van der Waals surface area contributed by atoms with E-state index in [1.54, 1.807) is 0 Å². The number of carbonyl (C=O) groups excluding carboxylic acids is 3. The summed E-state index contributed by atoms with van der Waals surface area (Å²) < 4.78 is 1.97. The highest BCUT2D eigenvalue weighted by atomic mass is 16.2. The smallest absolute Gasteiger partial charge is 0.256 e. The molecule has 0 bridgehead atoms. The number of hydrogen-bond donors (Lipinski definition) is 2. The monoisotopic (exact) mass is 676 g/mol. The van der Waals surface area contributed by atoms with Gasteiger partial charge < -0.3 is 34.8 Å². The Bertz CT molecular complexity index is 1920. The summed E-state index contributed by atoms with van der Waals surface area (Å²) in [5.41, 5.74) is 13.8. The van der Waals surface area contributed by atoms with Gasteiger partial charge in [0.05, 0.1) is 5.56 Å². The Morgan fingerprint density at radius 3 is 2.38 bits per heavy atom. The number of anilines is 1. The Labute approximate surface area is 296 Å². The summed E-state index contributed by atoms with van der Waals surface area (Å²) in [5, 5.41) is 2.20. The Morgan fingerprint density at radius 2 is 1.68 bits per heavy atom. The van der Waals surface area contributed by atoms with E-state index in [1.807, 2.05) is 71.4 Å². The van der Waals surface area contributed by atoms with Gasteiger partial charge >= 0.3 is 0 Å². The molecule has 0 radical (unpaired) electrons. The molecule has 5 aromatic rings. The number of nitrogens with zero attached hydrogens (tertiary/aromatic N) is 4.